The average molecular weight is 485 g/mol. The number of hydrogen-bond acceptors (Lipinski definition) is 6. The molecule has 0 aliphatic carbocycles. The number of ether oxygens (including phenoxy) is 2. The highest BCUT2D eigenvalue weighted by molar-refractivity contribution is 6.33. The summed E-state index contributed by atoms with van der Waals surface area (Å²) in [5.41, 5.74) is 2.71. The Hall–Kier alpha value is -3.47. The van der Waals surface area contributed by atoms with Gasteiger partial charge in [-0.25, -0.2) is 4.39 Å². The second-order valence-electron chi connectivity index (χ2n) is 7.05. The standard InChI is InChI=1S/C24H19Cl2FN4O2/c1-14-8-16(12-28)11-18(9-14)33-23-20(25)5-4-17(22(23)27)6-7-32-24(31-29-3)19-13-30-15(2)10-21(19)26/h4-5,8-11,13H,3,6-7H2,1-2H3/b31-24-. The van der Waals surface area contributed by atoms with Crippen molar-refractivity contribution in [3.8, 4) is 17.6 Å². The molecule has 3 aromatic rings. The molecule has 0 spiro atoms. The summed E-state index contributed by atoms with van der Waals surface area (Å²) in [6, 6.07) is 11.7. The summed E-state index contributed by atoms with van der Waals surface area (Å²) < 4.78 is 26.6. The average Bonchev–Trinajstić information content (AvgIpc) is 2.77. The van der Waals surface area contributed by atoms with Crippen LogP contribution in [0.25, 0.3) is 0 Å². The lowest BCUT2D eigenvalue weighted by Gasteiger charge is -2.14. The molecule has 0 unspecified atom stereocenters. The minimum Gasteiger partial charge on any atom is -0.476 e. The summed E-state index contributed by atoms with van der Waals surface area (Å²) in [7, 11) is 0. The number of rotatable bonds is 7. The zero-order valence-corrected chi connectivity index (χ0v) is 19.4. The molecule has 1 heterocycles. The first-order chi connectivity index (χ1) is 15.8. The molecule has 168 valence electrons. The van der Waals surface area contributed by atoms with E-state index in [9.17, 15) is 0 Å². The zero-order valence-electron chi connectivity index (χ0n) is 17.9. The summed E-state index contributed by atoms with van der Waals surface area (Å²) in [6.45, 7) is 7.03. The molecule has 33 heavy (non-hydrogen) atoms. The largest absolute Gasteiger partial charge is 0.476 e. The van der Waals surface area contributed by atoms with Crippen LogP contribution in [0.3, 0.4) is 0 Å². The van der Waals surface area contributed by atoms with Crippen molar-refractivity contribution < 1.29 is 13.9 Å². The maximum atomic E-state index is 15.2. The van der Waals surface area contributed by atoms with Crippen LogP contribution in [0.2, 0.25) is 10.0 Å². The van der Waals surface area contributed by atoms with Gasteiger partial charge in [-0.15, -0.1) is 5.10 Å². The Morgan fingerprint density at radius 3 is 2.67 bits per heavy atom. The van der Waals surface area contributed by atoms with Crippen LogP contribution in [-0.2, 0) is 11.2 Å². The molecule has 1 aromatic heterocycles. The smallest absolute Gasteiger partial charge is 0.243 e. The van der Waals surface area contributed by atoms with Crippen LogP contribution < -0.4 is 4.74 Å². The van der Waals surface area contributed by atoms with E-state index in [1.54, 1.807) is 31.2 Å². The molecule has 0 radical (unpaired) electrons. The van der Waals surface area contributed by atoms with E-state index in [0.29, 0.717) is 27.5 Å². The van der Waals surface area contributed by atoms with Gasteiger partial charge in [-0.2, -0.15) is 10.4 Å². The Labute approximate surface area is 200 Å². The first-order valence-corrected chi connectivity index (χ1v) is 10.5. The van der Waals surface area contributed by atoms with Crippen molar-refractivity contribution in [3.05, 3.63) is 86.4 Å². The Morgan fingerprint density at radius 1 is 1.18 bits per heavy atom. The highest BCUT2D eigenvalue weighted by Crippen LogP contribution is 2.35. The predicted octanol–water partition coefficient (Wildman–Crippen LogP) is 6.43. The number of nitriles is 1. The van der Waals surface area contributed by atoms with Gasteiger partial charge in [0.05, 0.1) is 33.8 Å². The quantitative estimate of drug-likeness (QED) is 0.220. The zero-order chi connectivity index (χ0) is 24.0. The van der Waals surface area contributed by atoms with Gasteiger partial charge in [0.15, 0.2) is 11.6 Å². The van der Waals surface area contributed by atoms with Crippen LogP contribution in [0.4, 0.5) is 4.39 Å². The van der Waals surface area contributed by atoms with Crippen molar-refractivity contribution in [1.29, 1.82) is 5.26 Å². The molecule has 0 saturated heterocycles. The van der Waals surface area contributed by atoms with Crippen LogP contribution in [0.15, 0.2) is 52.8 Å². The molecule has 0 atom stereocenters. The van der Waals surface area contributed by atoms with Gasteiger partial charge in [-0.3, -0.25) is 4.98 Å². The van der Waals surface area contributed by atoms with Gasteiger partial charge in [0.1, 0.15) is 5.75 Å². The molecule has 6 nitrogen and oxygen atoms in total. The monoisotopic (exact) mass is 484 g/mol. The lowest BCUT2D eigenvalue weighted by molar-refractivity contribution is 0.306. The molecule has 0 saturated carbocycles. The second kappa shape index (κ2) is 10.9. The molecule has 9 heteroatoms. The third-order valence-corrected chi connectivity index (χ3v) is 5.13. The minimum atomic E-state index is -0.624. The van der Waals surface area contributed by atoms with Crippen LogP contribution in [0.1, 0.15) is 27.9 Å². The minimum absolute atomic E-state index is 0.0690. The molecule has 0 N–H and O–H groups in total. The van der Waals surface area contributed by atoms with E-state index < -0.39 is 5.82 Å². The van der Waals surface area contributed by atoms with Crippen molar-refractivity contribution in [2.24, 2.45) is 10.2 Å². The summed E-state index contributed by atoms with van der Waals surface area (Å²) in [5.74, 6) is -0.316. The third-order valence-electron chi connectivity index (χ3n) is 4.52. The summed E-state index contributed by atoms with van der Waals surface area (Å²) >= 11 is 12.4. The normalized spacial score (nSPS) is 11.1. The highest BCUT2D eigenvalue weighted by atomic mass is 35.5. The maximum absolute atomic E-state index is 15.2. The van der Waals surface area contributed by atoms with E-state index >= 15 is 4.39 Å². The van der Waals surface area contributed by atoms with Gasteiger partial charge in [-0.1, -0.05) is 29.3 Å². The molecular formula is C24H19Cl2FN4O2. The lowest BCUT2D eigenvalue weighted by atomic mass is 10.1. The van der Waals surface area contributed by atoms with E-state index in [2.05, 4.69) is 21.9 Å². The number of benzene rings is 2. The Kier molecular flexibility index (Phi) is 7.99. The molecule has 0 fully saturated rings. The summed E-state index contributed by atoms with van der Waals surface area (Å²) in [5, 5.41) is 17.0. The van der Waals surface area contributed by atoms with Crippen molar-refractivity contribution in [3.63, 3.8) is 0 Å². The van der Waals surface area contributed by atoms with Crippen LogP contribution in [0.5, 0.6) is 11.5 Å². The van der Waals surface area contributed by atoms with Gasteiger partial charge in [0, 0.05) is 25.0 Å². The molecule has 2 aromatic carbocycles. The fraction of sp³-hybridized carbons (Fsp3) is 0.167. The molecule has 0 bridgehead atoms. The number of hydrogen-bond donors (Lipinski definition) is 0. The number of pyridine rings is 1. The fourth-order valence-electron chi connectivity index (χ4n) is 3.02. The highest BCUT2D eigenvalue weighted by Gasteiger charge is 2.17. The second-order valence-corrected chi connectivity index (χ2v) is 7.86. The van der Waals surface area contributed by atoms with Crippen LogP contribution in [0, 0.1) is 31.0 Å². The SMILES string of the molecule is C=N/N=C(\OCCc1ccc(Cl)c(Oc2cc(C)cc(C#N)c2)c1F)c1cnc(C)cc1Cl. The van der Waals surface area contributed by atoms with Gasteiger partial charge < -0.3 is 9.47 Å². The van der Waals surface area contributed by atoms with Crippen molar-refractivity contribution >= 4 is 35.8 Å². The van der Waals surface area contributed by atoms with Crippen LogP contribution >= 0.6 is 23.2 Å². The first kappa shape index (κ1) is 24.2. The lowest BCUT2D eigenvalue weighted by Crippen LogP contribution is -2.11. The van der Waals surface area contributed by atoms with E-state index in [1.165, 1.54) is 18.3 Å². The topological polar surface area (TPSA) is 79.9 Å². The first-order valence-electron chi connectivity index (χ1n) is 9.78. The summed E-state index contributed by atoms with van der Waals surface area (Å²) in [6.07, 6.45) is 1.71. The Bertz CT molecular complexity index is 1270. The van der Waals surface area contributed by atoms with E-state index in [-0.39, 0.29) is 29.7 Å². The molecule has 3 rings (SSSR count). The number of aryl methyl sites for hydroxylation is 2. The van der Waals surface area contributed by atoms with Gasteiger partial charge in [0.25, 0.3) is 0 Å². The van der Waals surface area contributed by atoms with E-state index in [0.717, 1.165) is 11.3 Å². The molecule has 0 amide bonds. The van der Waals surface area contributed by atoms with Crippen molar-refractivity contribution in [2.45, 2.75) is 20.3 Å². The number of nitrogens with zero attached hydrogens (tertiary/aromatic N) is 4. The Morgan fingerprint density at radius 2 is 1.97 bits per heavy atom. The number of aromatic nitrogens is 1. The Balaban J connectivity index is 1.78. The van der Waals surface area contributed by atoms with E-state index in [1.807, 2.05) is 13.0 Å². The van der Waals surface area contributed by atoms with Gasteiger partial charge >= 0.3 is 0 Å². The molecule has 0 aliphatic rings. The predicted molar refractivity (Wildman–Crippen MR) is 127 cm³/mol. The number of halogens is 3. The van der Waals surface area contributed by atoms with Gasteiger partial charge in [0.2, 0.25) is 5.90 Å². The maximum Gasteiger partial charge on any atom is 0.243 e. The van der Waals surface area contributed by atoms with Crippen molar-refractivity contribution in [1.82, 2.24) is 4.98 Å². The molecule has 0 aliphatic heterocycles. The van der Waals surface area contributed by atoms with Gasteiger partial charge in [-0.05, 0) is 55.3 Å². The van der Waals surface area contributed by atoms with Crippen LogP contribution in [-0.4, -0.2) is 24.2 Å². The summed E-state index contributed by atoms with van der Waals surface area (Å²) in [4.78, 5) is 4.18. The van der Waals surface area contributed by atoms with Crippen molar-refractivity contribution in [2.75, 3.05) is 6.61 Å². The fourth-order valence-corrected chi connectivity index (χ4v) is 3.49. The molecular weight excluding hydrogens is 466 g/mol. The van der Waals surface area contributed by atoms with E-state index in [4.69, 9.17) is 37.9 Å². The third kappa shape index (κ3) is 6.07.